The fourth-order valence-electron chi connectivity index (χ4n) is 2.14. The minimum absolute atomic E-state index is 0.509. The zero-order valence-corrected chi connectivity index (χ0v) is 13.2. The minimum Gasteiger partial charge on any atom is -0.493 e. The first-order valence-corrected chi connectivity index (χ1v) is 8.45. The van der Waals surface area contributed by atoms with Crippen LogP contribution in [-0.2, 0) is 6.54 Å². The Labute approximate surface area is 126 Å². The fourth-order valence-corrected chi connectivity index (χ4v) is 3.44. The highest BCUT2D eigenvalue weighted by Gasteiger charge is 2.30. The third-order valence-electron chi connectivity index (χ3n) is 3.37. The lowest BCUT2D eigenvalue weighted by Gasteiger charge is -2.21. The summed E-state index contributed by atoms with van der Waals surface area (Å²) in [5.41, 5.74) is 0.710. The fraction of sp³-hybridized carbons (Fsp3) is 0.625. The summed E-state index contributed by atoms with van der Waals surface area (Å²) >= 11 is 1.83. The molecule has 20 heavy (non-hydrogen) atoms. The number of benzene rings is 1. The number of thioether (sulfide) groups is 1. The van der Waals surface area contributed by atoms with E-state index in [1.807, 2.05) is 23.9 Å². The monoisotopic (exact) mass is 295 g/mol. The molecule has 1 fully saturated rings. The summed E-state index contributed by atoms with van der Waals surface area (Å²) in [7, 11) is 0. The third kappa shape index (κ3) is 5.00. The molecule has 0 bridgehead atoms. The first-order chi connectivity index (χ1) is 9.57. The first-order valence-electron chi connectivity index (χ1n) is 7.30. The van der Waals surface area contributed by atoms with Crippen LogP contribution in [0, 0.1) is 5.92 Å². The van der Waals surface area contributed by atoms with Gasteiger partial charge in [-0.25, -0.2) is 0 Å². The van der Waals surface area contributed by atoms with Crippen LogP contribution >= 0.6 is 11.8 Å². The quantitative estimate of drug-likeness (QED) is 0.811. The van der Waals surface area contributed by atoms with Crippen molar-refractivity contribution in [3.63, 3.8) is 0 Å². The van der Waals surface area contributed by atoms with Crippen molar-refractivity contribution in [3.8, 4) is 5.75 Å². The largest absolute Gasteiger partial charge is 0.493 e. The number of aliphatic hydroxyl groups is 1. The van der Waals surface area contributed by atoms with Crippen LogP contribution in [0.3, 0.4) is 0 Å². The molecule has 3 nitrogen and oxygen atoms in total. The summed E-state index contributed by atoms with van der Waals surface area (Å²) in [6.07, 6.45) is 0.895. The van der Waals surface area contributed by atoms with Crippen molar-refractivity contribution < 1.29 is 9.84 Å². The van der Waals surface area contributed by atoms with Crippen LogP contribution in [0.4, 0.5) is 0 Å². The second-order valence-corrected chi connectivity index (χ2v) is 7.08. The molecule has 0 aromatic heterocycles. The Morgan fingerprint density at radius 1 is 1.35 bits per heavy atom. The number of rotatable bonds is 7. The summed E-state index contributed by atoms with van der Waals surface area (Å²) in [5, 5.41) is 13.6. The highest BCUT2D eigenvalue weighted by atomic mass is 32.2. The molecule has 0 amide bonds. The predicted molar refractivity (Wildman–Crippen MR) is 85.4 cm³/mol. The van der Waals surface area contributed by atoms with E-state index < -0.39 is 5.60 Å². The Morgan fingerprint density at radius 3 is 2.70 bits per heavy atom. The molecule has 0 aliphatic carbocycles. The van der Waals surface area contributed by atoms with Gasteiger partial charge in [0.1, 0.15) is 5.75 Å². The minimum atomic E-state index is -0.509. The SMILES string of the molecule is CC(C)COc1ccc(CNCC2(O)CCSC2)cc1. The summed E-state index contributed by atoms with van der Waals surface area (Å²) in [6, 6.07) is 8.19. The molecule has 112 valence electrons. The topological polar surface area (TPSA) is 41.5 Å². The summed E-state index contributed by atoms with van der Waals surface area (Å²) in [6.45, 7) is 6.50. The molecule has 0 saturated carbocycles. The maximum absolute atomic E-state index is 10.2. The van der Waals surface area contributed by atoms with Gasteiger partial charge in [0, 0.05) is 18.8 Å². The van der Waals surface area contributed by atoms with Crippen molar-refractivity contribution >= 4 is 11.8 Å². The van der Waals surface area contributed by atoms with Crippen LogP contribution in [0.25, 0.3) is 0 Å². The smallest absolute Gasteiger partial charge is 0.119 e. The van der Waals surface area contributed by atoms with Crippen molar-refractivity contribution in [1.29, 1.82) is 0 Å². The Hall–Kier alpha value is -0.710. The lowest BCUT2D eigenvalue weighted by molar-refractivity contribution is 0.0674. The molecular weight excluding hydrogens is 270 g/mol. The first kappa shape index (κ1) is 15.7. The number of nitrogens with one attached hydrogen (secondary N) is 1. The van der Waals surface area contributed by atoms with Gasteiger partial charge in [0.05, 0.1) is 12.2 Å². The molecule has 1 saturated heterocycles. The van der Waals surface area contributed by atoms with Crippen molar-refractivity contribution in [2.24, 2.45) is 5.92 Å². The van der Waals surface area contributed by atoms with Gasteiger partial charge in [0.25, 0.3) is 0 Å². The van der Waals surface area contributed by atoms with Gasteiger partial charge in [-0.1, -0.05) is 26.0 Å². The molecule has 1 aromatic carbocycles. The zero-order valence-electron chi connectivity index (χ0n) is 12.4. The molecule has 0 radical (unpaired) electrons. The van der Waals surface area contributed by atoms with Crippen molar-refractivity contribution in [1.82, 2.24) is 5.32 Å². The van der Waals surface area contributed by atoms with Gasteiger partial charge in [0.15, 0.2) is 0 Å². The number of hydrogen-bond donors (Lipinski definition) is 2. The Balaban J connectivity index is 1.73. The van der Waals surface area contributed by atoms with E-state index >= 15 is 0 Å². The lowest BCUT2D eigenvalue weighted by Crippen LogP contribution is -2.40. The van der Waals surface area contributed by atoms with Gasteiger partial charge in [0.2, 0.25) is 0 Å². The highest BCUT2D eigenvalue weighted by Crippen LogP contribution is 2.27. The number of ether oxygens (including phenoxy) is 1. The molecule has 1 heterocycles. The van der Waals surface area contributed by atoms with Crippen molar-refractivity contribution in [2.45, 2.75) is 32.4 Å². The van der Waals surface area contributed by atoms with E-state index in [-0.39, 0.29) is 0 Å². The van der Waals surface area contributed by atoms with Crippen LogP contribution in [0.15, 0.2) is 24.3 Å². The van der Waals surface area contributed by atoms with Crippen LogP contribution in [0.5, 0.6) is 5.75 Å². The van der Waals surface area contributed by atoms with Crippen molar-refractivity contribution in [3.05, 3.63) is 29.8 Å². The van der Waals surface area contributed by atoms with Crippen LogP contribution in [0.1, 0.15) is 25.8 Å². The van der Waals surface area contributed by atoms with Crippen molar-refractivity contribution in [2.75, 3.05) is 24.7 Å². The van der Waals surface area contributed by atoms with Gasteiger partial charge in [-0.3, -0.25) is 0 Å². The second kappa shape index (κ2) is 7.34. The predicted octanol–water partition coefficient (Wildman–Crippen LogP) is 2.68. The third-order valence-corrected chi connectivity index (χ3v) is 4.61. The van der Waals surface area contributed by atoms with E-state index in [1.54, 1.807) is 0 Å². The van der Waals surface area contributed by atoms with Gasteiger partial charge < -0.3 is 15.2 Å². The van der Waals surface area contributed by atoms with Crippen LogP contribution in [-0.4, -0.2) is 35.4 Å². The summed E-state index contributed by atoms with van der Waals surface area (Å²) < 4.78 is 5.66. The van der Waals surface area contributed by atoms with Crippen LogP contribution in [0.2, 0.25) is 0 Å². The molecule has 1 aliphatic rings. The van der Waals surface area contributed by atoms with E-state index in [4.69, 9.17) is 4.74 Å². The van der Waals surface area contributed by atoms with Gasteiger partial charge in [-0.05, 0) is 35.8 Å². The Bertz CT molecular complexity index is 399. The molecule has 1 atom stereocenters. The molecule has 1 aromatic rings. The van der Waals surface area contributed by atoms with E-state index in [2.05, 4.69) is 31.3 Å². The Morgan fingerprint density at radius 2 is 2.10 bits per heavy atom. The maximum atomic E-state index is 10.2. The number of hydrogen-bond acceptors (Lipinski definition) is 4. The lowest BCUT2D eigenvalue weighted by atomic mass is 10.0. The maximum Gasteiger partial charge on any atom is 0.119 e. The van der Waals surface area contributed by atoms with E-state index in [9.17, 15) is 5.11 Å². The molecular formula is C16H25NO2S. The van der Waals surface area contributed by atoms with E-state index in [1.165, 1.54) is 5.56 Å². The van der Waals surface area contributed by atoms with E-state index in [0.29, 0.717) is 12.5 Å². The van der Waals surface area contributed by atoms with Gasteiger partial charge >= 0.3 is 0 Å². The van der Waals surface area contributed by atoms with Gasteiger partial charge in [-0.15, -0.1) is 0 Å². The molecule has 4 heteroatoms. The molecule has 1 aliphatic heterocycles. The zero-order chi connectivity index (χ0) is 14.4. The normalized spacial score (nSPS) is 22.4. The molecule has 2 rings (SSSR count). The molecule has 1 unspecified atom stereocenters. The van der Waals surface area contributed by atoms with Gasteiger partial charge in [-0.2, -0.15) is 11.8 Å². The molecule has 2 N–H and O–H groups in total. The Kier molecular flexibility index (Phi) is 5.75. The standard InChI is InChI=1S/C16H25NO2S/c1-13(2)10-19-15-5-3-14(4-6-15)9-17-11-16(18)7-8-20-12-16/h3-6,13,17-18H,7-12H2,1-2H3. The van der Waals surface area contributed by atoms with Crippen LogP contribution < -0.4 is 10.1 Å². The average molecular weight is 295 g/mol. The summed E-state index contributed by atoms with van der Waals surface area (Å²) in [5.74, 6) is 3.39. The highest BCUT2D eigenvalue weighted by molar-refractivity contribution is 7.99. The average Bonchev–Trinajstić information content (AvgIpc) is 2.85. The molecule has 0 spiro atoms. The summed E-state index contributed by atoms with van der Waals surface area (Å²) in [4.78, 5) is 0. The van der Waals surface area contributed by atoms with E-state index in [0.717, 1.165) is 36.8 Å². The second-order valence-electron chi connectivity index (χ2n) is 5.98.